The fourth-order valence-corrected chi connectivity index (χ4v) is 3.70. The number of rotatable bonds is 1. The first-order chi connectivity index (χ1) is 7.93. The summed E-state index contributed by atoms with van der Waals surface area (Å²) in [5.41, 5.74) is 0.243. The second kappa shape index (κ2) is 4.49. The highest BCUT2D eigenvalue weighted by Gasteiger charge is 2.48. The zero-order valence-corrected chi connectivity index (χ0v) is 13.2. The molecular formula is C16H29NO. The Morgan fingerprint density at radius 2 is 1.28 bits per heavy atom. The van der Waals surface area contributed by atoms with E-state index in [2.05, 4.69) is 53.5 Å². The lowest BCUT2D eigenvalue weighted by Crippen LogP contribution is -2.47. The normalized spacial score (nSPS) is 33.9. The van der Waals surface area contributed by atoms with Crippen molar-refractivity contribution in [2.45, 2.75) is 79.7 Å². The largest absolute Gasteiger partial charge is 0.235 e. The first kappa shape index (κ1) is 15.4. The lowest BCUT2D eigenvalue weighted by atomic mass is 9.56. The highest BCUT2D eigenvalue weighted by molar-refractivity contribution is 5.35. The number of aliphatic imine (C=N–C) groups is 1. The monoisotopic (exact) mass is 251 g/mol. The molecule has 0 aliphatic heterocycles. The number of hydrogen-bond acceptors (Lipinski definition) is 2. The molecule has 1 atom stereocenters. The second-order valence-electron chi connectivity index (χ2n) is 8.54. The molecule has 0 aromatic carbocycles. The lowest BCUT2D eigenvalue weighted by Gasteiger charge is -2.51. The maximum absolute atomic E-state index is 10.8. The Morgan fingerprint density at radius 3 is 1.72 bits per heavy atom. The predicted molar refractivity (Wildman–Crippen MR) is 76.3 cm³/mol. The van der Waals surface area contributed by atoms with E-state index in [-0.39, 0.29) is 16.4 Å². The molecule has 1 rings (SSSR count). The van der Waals surface area contributed by atoms with E-state index < -0.39 is 0 Å². The van der Waals surface area contributed by atoms with Gasteiger partial charge in [0.1, 0.15) is 0 Å². The Hall–Kier alpha value is -0.620. The van der Waals surface area contributed by atoms with Gasteiger partial charge in [0.2, 0.25) is 6.08 Å². The SMILES string of the molecule is CC1(C)CCC(C)(C)CC(C)(N=C=O)C(C)(C)C1. The van der Waals surface area contributed by atoms with E-state index in [9.17, 15) is 4.79 Å². The molecule has 0 amide bonds. The van der Waals surface area contributed by atoms with Gasteiger partial charge in [-0.3, -0.25) is 0 Å². The highest BCUT2D eigenvalue weighted by Crippen LogP contribution is 2.53. The molecule has 0 heterocycles. The number of hydrogen-bond donors (Lipinski definition) is 0. The topological polar surface area (TPSA) is 29.4 Å². The fraction of sp³-hybridized carbons (Fsp3) is 0.938. The number of carbonyl (C=O) groups excluding carboxylic acids is 1. The smallest absolute Gasteiger partial charge is 0.211 e. The molecule has 0 spiro atoms. The Kier molecular flexibility index (Phi) is 3.85. The maximum atomic E-state index is 10.8. The van der Waals surface area contributed by atoms with Crippen LogP contribution >= 0.6 is 0 Å². The first-order valence-electron chi connectivity index (χ1n) is 7.02. The minimum Gasteiger partial charge on any atom is -0.211 e. The van der Waals surface area contributed by atoms with Crippen LogP contribution in [0, 0.1) is 16.2 Å². The molecule has 0 radical (unpaired) electrons. The second-order valence-corrected chi connectivity index (χ2v) is 8.54. The Labute approximate surface area is 112 Å². The zero-order chi connectivity index (χ0) is 14.2. The van der Waals surface area contributed by atoms with Gasteiger partial charge in [0.05, 0.1) is 5.54 Å². The molecule has 18 heavy (non-hydrogen) atoms. The molecule has 0 aromatic heterocycles. The van der Waals surface area contributed by atoms with Crippen molar-refractivity contribution in [3.8, 4) is 0 Å². The van der Waals surface area contributed by atoms with Crippen LogP contribution in [0.5, 0.6) is 0 Å². The predicted octanol–water partition coefficient (Wildman–Crippen LogP) is 4.73. The minimum absolute atomic E-state index is 0.0194. The van der Waals surface area contributed by atoms with Crippen molar-refractivity contribution in [3.63, 3.8) is 0 Å². The summed E-state index contributed by atoms with van der Waals surface area (Å²) in [7, 11) is 0. The summed E-state index contributed by atoms with van der Waals surface area (Å²) >= 11 is 0. The van der Waals surface area contributed by atoms with Crippen molar-refractivity contribution >= 4 is 6.08 Å². The average Bonchev–Trinajstić information content (AvgIpc) is 2.12. The first-order valence-corrected chi connectivity index (χ1v) is 7.02. The van der Waals surface area contributed by atoms with Gasteiger partial charge in [0, 0.05) is 0 Å². The van der Waals surface area contributed by atoms with Crippen LogP contribution in [0.2, 0.25) is 0 Å². The molecule has 0 bridgehead atoms. The zero-order valence-electron chi connectivity index (χ0n) is 13.2. The summed E-state index contributed by atoms with van der Waals surface area (Å²) in [4.78, 5) is 15.1. The summed E-state index contributed by atoms with van der Waals surface area (Å²) in [6.07, 6.45) is 6.31. The van der Waals surface area contributed by atoms with E-state index in [0.29, 0.717) is 5.41 Å². The van der Waals surface area contributed by atoms with Crippen LogP contribution in [0.4, 0.5) is 0 Å². The van der Waals surface area contributed by atoms with Crippen molar-refractivity contribution in [2.24, 2.45) is 21.2 Å². The Bertz CT molecular complexity index is 361. The maximum Gasteiger partial charge on any atom is 0.235 e. The summed E-state index contributed by atoms with van der Waals surface area (Å²) in [6.45, 7) is 15.9. The minimum atomic E-state index is -0.310. The number of isocyanates is 1. The van der Waals surface area contributed by atoms with Crippen LogP contribution in [0.15, 0.2) is 4.99 Å². The molecule has 1 aliphatic rings. The van der Waals surface area contributed by atoms with E-state index in [1.165, 1.54) is 12.8 Å². The average molecular weight is 251 g/mol. The van der Waals surface area contributed by atoms with E-state index >= 15 is 0 Å². The molecule has 1 fully saturated rings. The van der Waals surface area contributed by atoms with Crippen LogP contribution < -0.4 is 0 Å². The third kappa shape index (κ3) is 3.23. The highest BCUT2D eigenvalue weighted by atomic mass is 16.1. The van der Waals surface area contributed by atoms with Gasteiger partial charge in [0.25, 0.3) is 0 Å². The van der Waals surface area contributed by atoms with Gasteiger partial charge in [-0.2, -0.15) is 4.99 Å². The van der Waals surface area contributed by atoms with Crippen molar-refractivity contribution < 1.29 is 4.79 Å². The molecule has 1 unspecified atom stereocenters. The van der Waals surface area contributed by atoms with Gasteiger partial charge in [-0.25, -0.2) is 4.79 Å². The van der Waals surface area contributed by atoms with E-state index in [1.807, 2.05) is 6.08 Å². The summed E-state index contributed by atoms with van der Waals surface area (Å²) in [6, 6.07) is 0. The van der Waals surface area contributed by atoms with Crippen molar-refractivity contribution in [2.75, 3.05) is 0 Å². The quantitative estimate of drug-likeness (QED) is 0.489. The van der Waals surface area contributed by atoms with Crippen LogP contribution in [-0.4, -0.2) is 11.6 Å². The number of nitrogens with zero attached hydrogens (tertiary/aromatic N) is 1. The van der Waals surface area contributed by atoms with Crippen molar-refractivity contribution in [1.82, 2.24) is 0 Å². The molecule has 1 saturated carbocycles. The molecular weight excluding hydrogens is 222 g/mol. The van der Waals surface area contributed by atoms with Gasteiger partial charge in [0.15, 0.2) is 0 Å². The van der Waals surface area contributed by atoms with Crippen molar-refractivity contribution in [1.29, 1.82) is 0 Å². The van der Waals surface area contributed by atoms with E-state index in [1.54, 1.807) is 0 Å². The molecule has 0 saturated heterocycles. The summed E-state index contributed by atoms with van der Waals surface area (Å²) in [5, 5.41) is 0. The molecule has 2 heteroatoms. The summed E-state index contributed by atoms with van der Waals surface area (Å²) < 4.78 is 0. The molecule has 104 valence electrons. The van der Waals surface area contributed by atoms with Gasteiger partial charge < -0.3 is 0 Å². The van der Waals surface area contributed by atoms with Crippen molar-refractivity contribution in [3.05, 3.63) is 0 Å². The lowest BCUT2D eigenvalue weighted by molar-refractivity contribution is 0.0293. The third-order valence-corrected chi connectivity index (χ3v) is 4.97. The Morgan fingerprint density at radius 1 is 0.833 bits per heavy atom. The van der Waals surface area contributed by atoms with Gasteiger partial charge in [-0.1, -0.05) is 41.5 Å². The van der Waals surface area contributed by atoms with Crippen LogP contribution in [0.1, 0.15) is 74.1 Å². The fourth-order valence-electron chi connectivity index (χ4n) is 3.70. The van der Waals surface area contributed by atoms with Gasteiger partial charge >= 0.3 is 0 Å². The molecule has 2 nitrogen and oxygen atoms in total. The van der Waals surface area contributed by atoms with E-state index in [4.69, 9.17) is 0 Å². The van der Waals surface area contributed by atoms with E-state index in [0.717, 1.165) is 12.8 Å². The van der Waals surface area contributed by atoms with Crippen LogP contribution in [0.3, 0.4) is 0 Å². The van der Waals surface area contributed by atoms with Crippen LogP contribution in [-0.2, 0) is 4.79 Å². The molecule has 0 N–H and O–H groups in total. The van der Waals surface area contributed by atoms with Crippen LogP contribution in [0.25, 0.3) is 0 Å². The van der Waals surface area contributed by atoms with Gasteiger partial charge in [-0.15, -0.1) is 0 Å². The standard InChI is InChI=1S/C16H29NO/c1-13(2)8-9-14(3,4)11-16(7,17-12-18)15(5,6)10-13/h8-11H2,1-7H3. The third-order valence-electron chi connectivity index (χ3n) is 4.97. The molecule has 0 aromatic rings. The summed E-state index contributed by atoms with van der Waals surface area (Å²) in [5.74, 6) is 0. The van der Waals surface area contributed by atoms with Gasteiger partial charge in [-0.05, 0) is 48.9 Å². The Balaban J connectivity index is 3.24. The molecule has 1 aliphatic carbocycles.